The normalized spacial score (nSPS) is 11.4. The quantitative estimate of drug-likeness (QED) is 0.0464. The number of hydrogen-bond donors (Lipinski definition) is 0. The summed E-state index contributed by atoms with van der Waals surface area (Å²) in [5.74, 6) is -0.932. The van der Waals surface area contributed by atoms with Crippen LogP contribution in [0.1, 0.15) is 0 Å². The van der Waals surface area contributed by atoms with E-state index in [0.717, 1.165) is 12.2 Å². The lowest BCUT2D eigenvalue weighted by Crippen LogP contribution is -2.16. The molecule has 0 unspecified atom stereocenters. The van der Waals surface area contributed by atoms with Crippen molar-refractivity contribution in [3.05, 3.63) is 25.3 Å². The Kier molecular flexibility index (Phi) is 68.4. The van der Waals surface area contributed by atoms with Crippen LogP contribution in [0.25, 0.3) is 0 Å². The van der Waals surface area contributed by atoms with Crippen LogP contribution in [0.2, 0.25) is 0 Å². The maximum absolute atomic E-state index is 10.9. The van der Waals surface area contributed by atoms with Crippen molar-refractivity contribution in [1.82, 2.24) is 0 Å². The Bertz CT molecular complexity index is 1110. The molecule has 0 aliphatic rings. The Hall–Kier alpha value is -2.46. The number of esters is 2. The zero-order chi connectivity index (χ0) is 56.1. The van der Waals surface area contributed by atoms with Gasteiger partial charge in [0.2, 0.25) is 0 Å². The second-order valence-electron chi connectivity index (χ2n) is 15.2. The molecule has 0 radical (unpaired) electrons. The fourth-order valence-electron chi connectivity index (χ4n) is 5.24. The fourth-order valence-corrected chi connectivity index (χ4v) is 5.24. The van der Waals surface area contributed by atoms with E-state index in [2.05, 4.69) is 13.2 Å². The summed E-state index contributed by atoms with van der Waals surface area (Å²) in [6, 6.07) is 0. The summed E-state index contributed by atoms with van der Waals surface area (Å²) in [6.45, 7) is 27.4. The molecule has 0 aliphatic heterocycles. The van der Waals surface area contributed by atoms with Crippen LogP contribution in [0, 0.1) is 0 Å². The van der Waals surface area contributed by atoms with Crippen molar-refractivity contribution < 1.29 is 123 Å². The van der Waals surface area contributed by atoms with Crippen LogP contribution in [-0.4, -0.2) is 316 Å². The first-order chi connectivity index (χ1) is 38.7. The largest absolute Gasteiger partial charge is 0.460 e. The third-order valence-corrected chi connectivity index (χ3v) is 9.09. The summed E-state index contributed by atoms with van der Waals surface area (Å²) in [6.07, 6.45) is 2.22. The molecule has 0 aromatic rings. The van der Waals surface area contributed by atoms with Gasteiger partial charge >= 0.3 is 11.9 Å². The Morgan fingerprint density at radius 3 is 0.321 bits per heavy atom. The molecule has 26 heteroatoms. The van der Waals surface area contributed by atoms with Gasteiger partial charge in [-0.2, -0.15) is 0 Å². The van der Waals surface area contributed by atoms with E-state index < -0.39 is 11.9 Å². The molecule has 0 amide bonds. The van der Waals surface area contributed by atoms with Gasteiger partial charge in [0, 0.05) is 12.2 Å². The van der Waals surface area contributed by atoms with Crippen LogP contribution in [0.3, 0.4) is 0 Å². The first-order valence-corrected chi connectivity index (χ1v) is 27.0. The van der Waals surface area contributed by atoms with Gasteiger partial charge in [0.25, 0.3) is 0 Å². The number of carbonyl (C=O) groups is 2. The van der Waals surface area contributed by atoms with Crippen LogP contribution in [0.4, 0.5) is 0 Å². The molecule has 78 heavy (non-hydrogen) atoms. The number of rotatable bonds is 71. The summed E-state index contributed by atoms with van der Waals surface area (Å²) in [4.78, 5) is 21.8. The van der Waals surface area contributed by atoms with Gasteiger partial charge in [-0.1, -0.05) is 13.2 Å². The molecule has 0 saturated heterocycles. The lowest BCUT2D eigenvalue weighted by molar-refractivity contribution is -0.140. The minimum atomic E-state index is -0.466. The lowest BCUT2D eigenvalue weighted by atomic mass is 10.6. The SMILES string of the molecule is C=CC(=O)OCCOCCOCCOCCOCCOCCOCCOCCOCCOCCOCCOCCOCCOCCOCCOCCOCCOCCOCCOCCOCCOCCOCCOC(=O)C=C. The first kappa shape index (κ1) is 75.5. The van der Waals surface area contributed by atoms with Crippen LogP contribution in [0.5, 0.6) is 0 Å². The minimum absolute atomic E-state index is 0.189. The molecule has 462 valence electrons. The van der Waals surface area contributed by atoms with Crippen LogP contribution < -0.4 is 0 Å². The molecule has 0 aliphatic carbocycles. The van der Waals surface area contributed by atoms with Gasteiger partial charge in [-0.25, -0.2) is 9.59 Å². The van der Waals surface area contributed by atoms with E-state index in [0.29, 0.717) is 291 Å². The second-order valence-corrected chi connectivity index (χ2v) is 15.2. The fraction of sp³-hybridized carbons (Fsp3) is 0.885. The molecule has 0 atom stereocenters. The average Bonchev–Trinajstić information content (AvgIpc) is 3.45. The molecule has 0 fully saturated rings. The molecule has 0 saturated carbocycles. The predicted octanol–water partition coefficient (Wildman–Crippen LogP) is 0.810. The molecular formula is C52H98O26. The first-order valence-electron chi connectivity index (χ1n) is 27.0. The molecule has 0 spiro atoms. The highest BCUT2D eigenvalue weighted by atomic mass is 16.6. The van der Waals surface area contributed by atoms with Crippen molar-refractivity contribution in [2.24, 2.45) is 0 Å². The zero-order valence-electron chi connectivity index (χ0n) is 46.7. The van der Waals surface area contributed by atoms with Crippen molar-refractivity contribution in [2.75, 3.05) is 304 Å². The summed E-state index contributed by atoms with van der Waals surface area (Å²) < 4.78 is 130. The van der Waals surface area contributed by atoms with E-state index in [1.807, 2.05) is 0 Å². The van der Waals surface area contributed by atoms with E-state index >= 15 is 0 Å². The topological polar surface area (TPSA) is 256 Å². The molecule has 0 N–H and O–H groups in total. The van der Waals surface area contributed by atoms with E-state index in [-0.39, 0.29) is 13.2 Å². The third-order valence-electron chi connectivity index (χ3n) is 9.09. The second kappa shape index (κ2) is 70.6. The van der Waals surface area contributed by atoms with Gasteiger partial charge < -0.3 is 114 Å². The molecule has 0 aromatic heterocycles. The molecule has 26 nitrogen and oxygen atoms in total. The van der Waals surface area contributed by atoms with Gasteiger partial charge in [0.1, 0.15) is 13.2 Å². The van der Waals surface area contributed by atoms with Gasteiger partial charge in [-0.3, -0.25) is 0 Å². The summed E-state index contributed by atoms with van der Waals surface area (Å²) in [5, 5.41) is 0. The zero-order valence-corrected chi connectivity index (χ0v) is 46.7. The highest BCUT2D eigenvalue weighted by Gasteiger charge is 2.01. The van der Waals surface area contributed by atoms with Crippen molar-refractivity contribution in [3.63, 3.8) is 0 Å². The highest BCUT2D eigenvalue weighted by molar-refractivity contribution is 5.81. The van der Waals surface area contributed by atoms with Crippen molar-refractivity contribution in [1.29, 1.82) is 0 Å². The van der Waals surface area contributed by atoms with Crippen LogP contribution in [-0.2, 0) is 123 Å². The highest BCUT2D eigenvalue weighted by Crippen LogP contribution is 1.91. The van der Waals surface area contributed by atoms with E-state index in [9.17, 15) is 9.59 Å². The van der Waals surface area contributed by atoms with E-state index in [1.165, 1.54) is 0 Å². The molecular weight excluding hydrogens is 1040 g/mol. The Morgan fingerprint density at radius 2 is 0.244 bits per heavy atom. The summed E-state index contributed by atoms with van der Waals surface area (Å²) in [7, 11) is 0. The standard InChI is InChI=1S/C52H98O26/c1-3-51(53)77-49-47-75-45-43-73-41-39-71-37-35-69-33-31-67-29-27-65-25-23-63-21-19-61-17-15-59-13-11-57-9-7-55-5-6-56-8-10-58-12-14-60-16-18-62-20-22-64-24-26-66-28-30-68-32-34-70-36-38-72-40-42-74-44-46-76-48-50-78-52(54)4-2/h3-4H,1-2,5-50H2. The molecule has 0 heterocycles. The maximum Gasteiger partial charge on any atom is 0.330 e. The molecule has 0 aromatic carbocycles. The van der Waals surface area contributed by atoms with E-state index in [4.69, 9.17) is 114 Å². The maximum atomic E-state index is 10.9. The van der Waals surface area contributed by atoms with E-state index in [1.54, 1.807) is 0 Å². The van der Waals surface area contributed by atoms with Gasteiger partial charge in [-0.15, -0.1) is 0 Å². The number of ether oxygens (including phenoxy) is 24. The number of hydrogen-bond acceptors (Lipinski definition) is 26. The van der Waals surface area contributed by atoms with Crippen LogP contribution >= 0.6 is 0 Å². The third kappa shape index (κ3) is 69.6. The van der Waals surface area contributed by atoms with Crippen molar-refractivity contribution in [2.45, 2.75) is 0 Å². The van der Waals surface area contributed by atoms with Gasteiger partial charge in [0.05, 0.1) is 291 Å². The number of carbonyl (C=O) groups excluding carboxylic acids is 2. The molecule has 0 bridgehead atoms. The lowest BCUT2D eigenvalue weighted by Gasteiger charge is -2.09. The van der Waals surface area contributed by atoms with Gasteiger partial charge in [-0.05, 0) is 0 Å². The Balaban J connectivity index is 3.09. The summed E-state index contributed by atoms with van der Waals surface area (Å²) in [5.41, 5.74) is 0. The summed E-state index contributed by atoms with van der Waals surface area (Å²) >= 11 is 0. The predicted molar refractivity (Wildman–Crippen MR) is 280 cm³/mol. The molecule has 0 rings (SSSR count). The minimum Gasteiger partial charge on any atom is -0.460 e. The van der Waals surface area contributed by atoms with Crippen LogP contribution in [0.15, 0.2) is 25.3 Å². The van der Waals surface area contributed by atoms with Crippen molar-refractivity contribution >= 4 is 11.9 Å². The Labute approximate surface area is 463 Å². The monoisotopic (exact) mass is 1140 g/mol. The van der Waals surface area contributed by atoms with Gasteiger partial charge in [0.15, 0.2) is 0 Å². The smallest absolute Gasteiger partial charge is 0.330 e. The average molecular weight is 1140 g/mol. The van der Waals surface area contributed by atoms with Crippen molar-refractivity contribution in [3.8, 4) is 0 Å². The Morgan fingerprint density at radius 1 is 0.167 bits per heavy atom.